The Balaban J connectivity index is 1.92. The highest BCUT2D eigenvalue weighted by Crippen LogP contribution is 2.19. The minimum absolute atomic E-state index is 0.0446. The lowest BCUT2D eigenvalue weighted by atomic mass is 10.1. The quantitative estimate of drug-likeness (QED) is 0.776. The molecule has 0 aliphatic carbocycles. The lowest BCUT2D eigenvalue weighted by molar-refractivity contribution is -0.116. The van der Waals surface area contributed by atoms with Crippen molar-refractivity contribution in [3.8, 4) is 0 Å². The molecule has 0 spiro atoms. The normalized spacial score (nSPS) is 10.6. The maximum atomic E-state index is 13.0. The topological polar surface area (TPSA) is 17.1 Å². The Morgan fingerprint density at radius 2 is 1.65 bits per heavy atom. The summed E-state index contributed by atoms with van der Waals surface area (Å²) in [6.07, 6.45) is -0.0446. The number of ketones is 1. The predicted molar refractivity (Wildman–Crippen MR) is 72.2 cm³/mol. The Hall–Kier alpha value is -1.75. The van der Waals surface area contributed by atoms with Gasteiger partial charge in [-0.2, -0.15) is 0 Å². The highest BCUT2D eigenvalue weighted by molar-refractivity contribution is 8.00. The summed E-state index contributed by atoms with van der Waals surface area (Å²) in [5, 5.41) is 0. The van der Waals surface area contributed by atoms with Crippen LogP contribution < -0.4 is 0 Å². The highest BCUT2D eigenvalue weighted by atomic mass is 32.2. The van der Waals surface area contributed by atoms with Crippen molar-refractivity contribution in [2.75, 3.05) is 5.75 Å². The van der Waals surface area contributed by atoms with Crippen LogP contribution in [0.2, 0.25) is 0 Å². The third-order valence-electron chi connectivity index (χ3n) is 2.52. The number of hydrogen-bond acceptors (Lipinski definition) is 2. The van der Waals surface area contributed by atoms with Gasteiger partial charge in [-0.25, -0.2) is 13.2 Å². The molecule has 2 rings (SSSR count). The van der Waals surface area contributed by atoms with Crippen molar-refractivity contribution in [1.29, 1.82) is 0 Å². The molecule has 0 saturated heterocycles. The van der Waals surface area contributed by atoms with E-state index >= 15 is 0 Å². The number of carbonyl (C=O) groups is 1. The number of halogens is 3. The first-order valence-corrected chi connectivity index (χ1v) is 6.86. The molecular weight excluding hydrogens is 285 g/mol. The zero-order valence-electron chi connectivity index (χ0n) is 10.4. The van der Waals surface area contributed by atoms with Crippen LogP contribution in [0.1, 0.15) is 5.56 Å². The zero-order valence-corrected chi connectivity index (χ0v) is 11.2. The van der Waals surface area contributed by atoms with E-state index in [0.29, 0.717) is 10.5 Å². The summed E-state index contributed by atoms with van der Waals surface area (Å²) in [7, 11) is 0. The number of hydrogen-bond donors (Lipinski definition) is 0. The van der Waals surface area contributed by atoms with Gasteiger partial charge in [0.25, 0.3) is 0 Å². The fraction of sp³-hybridized carbons (Fsp3) is 0.133. The molecule has 0 saturated carbocycles. The maximum Gasteiger partial charge on any atom is 0.147 e. The van der Waals surface area contributed by atoms with Crippen LogP contribution >= 0.6 is 11.8 Å². The fourth-order valence-electron chi connectivity index (χ4n) is 1.71. The van der Waals surface area contributed by atoms with Crippen molar-refractivity contribution in [3.05, 3.63) is 65.5 Å². The molecule has 0 unspecified atom stereocenters. The molecule has 0 fully saturated rings. The molecule has 0 heterocycles. The average molecular weight is 296 g/mol. The van der Waals surface area contributed by atoms with E-state index in [1.807, 2.05) is 0 Å². The summed E-state index contributed by atoms with van der Waals surface area (Å²) in [6, 6.07) is 8.94. The maximum absolute atomic E-state index is 13.0. The molecule has 20 heavy (non-hydrogen) atoms. The van der Waals surface area contributed by atoms with Crippen LogP contribution in [-0.2, 0) is 11.2 Å². The van der Waals surface area contributed by atoms with Gasteiger partial charge in [0.2, 0.25) is 0 Å². The van der Waals surface area contributed by atoms with E-state index in [9.17, 15) is 18.0 Å². The molecule has 5 heteroatoms. The zero-order chi connectivity index (χ0) is 14.5. The van der Waals surface area contributed by atoms with E-state index in [4.69, 9.17) is 0 Å². The Bertz CT molecular complexity index is 608. The second-order valence-corrected chi connectivity index (χ2v) is 5.29. The summed E-state index contributed by atoms with van der Waals surface area (Å²) in [5.41, 5.74) is 0.298. The van der Waals surface area contributed by atoms with Crippen LogP contribution in [-0.4, -0.2) is 11.5 Å². The van der Waals surface area contributed by atoms with Gasteiger partial charge in [-0.05, 0) is 35.9 Å². The van der Waals surface area contributed by atoms with Crippen molar-refractivity contribution >= 4 is 17.5 Å². The molecular formula is C15H11F3OS. The van der Waals surface area contributed by atoms with E-state index in [0.717, 1.165) is 18.2 Å². The summed E-state index contributed by atoms with van der Waals surface area (Å²) < 4.78 is 38.9. The van der Waals surface area contributed by atoms with Crippen molar-refractivity contribution in [1.82, 2.24) is 0 Å². The summed E-state index contributed by atoms with van der Waals surface area (Å²) in [4.78, 5) is 12.4. The fourth-order valence-corrected chi connectivity index (χ4v) is 2.51. The monoisotopic (exact) mass is 296 g/mol. The number of carbonyl (C=O) groups excluding carboxylic acids is 1. The van der Waals surface area contributed by atoms with E-state index in [-0.39, 0.29) is 23.8 Å². The molecule has 104 valence electrons. The second kappa shape index (κ2) is 6.61. The van der Waals surface area contributed by atoms with Gasteiger partial charge in [0.1, 0.15) is 23.2 Å². The molecule has 0 aromatic heterocycles. The predicted octanol–water partition coefficient (Wildman–Crippen LogP) is 4.01. The van der Waals surface area contributed by atoms with E-state index in [1.54, 1.807) is 12.1 Å². The van der Waals surface area contributed by atoms with Gasteiger partial charge in [-0.3, -0.25) is 4.79 Å². The Kier molecular flexibility index (Phi) is 4.84. The number of thioether (sulfide) groups is 1. The van der Waals surface area contributed by atoms with Gasteiger partial charge < -0.3 is 0 Å². The number of rotatable bonds is 5. The summed E-state index contributed by atoms with van der Waals surface area (Å²) in [6.45, 7) is 0. The number of benzene rings is 2. The van der Waals surface area contributed by atoms with Crippen molar-refractivity contribution in [2.24, 2.45) is 0 Å². The molecule has 0 atom stereocenters. The largest absolute Gasteiger partial charge is 0.298 e. The third-order valence-corrected chi connectivity index (χ3v) is 3.57. The van der Waals surface area contributed by atoms with Gasteiger partial charge in [0, 0.05) is 17.4 Å². The minimum atomic E-state index is -0.703. The van der Waals surface area contributed by atoms with Gasteiger partial charge in [0.15, 0.2) is 0 Å². The van der Waals surface area contributed by atoms with Crippen LogP contribution in [0.25, 0.3) is 0 Å². The van der Waals surface area contributed by atoms with Gasteiger partial charge in [-0.15, -0.1) is 11.8 Å². The van der Waals surface area contributed by atoms with Crippen LogP contribution in [0.15, 0.2) is 47.4 Å². The SMILES string of the molecule is O=C(CSc1cccc(F)c1)Cc1cc(F)cc(F)c1. The smallest absolute Gasteiger partial charge is 0.147 e. The van der Waals surface area contributed by atoms with E-state index in [2.05, 4.69) is 0 Å². The molecule has 0 N–H and O–H groups in total. The Labute approximate surface area is 118 Å². The molecule has 0 aliphatic heterocycles. The average Bonchev–Trinajstić information content (AvgIpc) is 2.35. The molecule has 0 bridgehead atoms. The van der Waals surface area contributed by atoms with Gasteiger partial charge in [-0.1, -0.05) is 6.07 Å². The first-order valence-electron chi connectivity index (χ1n) is 5.88. The van der Waals surface area contributed by atoms with Crippen molar-refractivity contribution in [2.45, 2.75) is 11.3 Å². The molecule has 2 aromatic carbocycles. The lowest BCUT2D eigenvalue weighted by Gasteiger charge is -2.03. The molecule has 1 nitrogen and oxygen atoms in total. The van der Waals surface area contributed by atoms with Gasteiger partial charge >= 0.3 is 0 Å². The van der Waals surface area contributed by atoms with Crippen LogP contribution in [0.4, 0.5) is 13.2 Å². The van der Waals surface area contributed by atoms with E-state index in [1.165, 1.54) is 23.9 Å². The summed E-state index contributed by atoms with van der Waals surface area (Å²) in [5.74, 6) is -1.82. The standard InChI is InChI=1S/C15H11F3OS/c16-11-2-1-3-15(8-11)20-9-14(19)6-10-4-12(17)7-13(18)5-10/h1-5,7-8H,6,9H2. The van der Waals surface area contributed by atoms with Crippen molar-refractivity contribution in [3.63, 3.8) is 0 Å². The van der Waals surface area contributed by atoms with Crippen molar-refractivity contribution < 1.29 is 18.0 Å². The van der Waals surface area contributed by atoms with Crippen LogP contribution in [0.5, 0.6) is 0 Å². The Morgan fingerprint density at radius 3 is 2.30 bits per heavy atom. The third kappa shape index (κ3) is 4.42. The Morgan fingerprint density at radius 1 is 0.950 bits per heavy atom. The molecule has 2 aromatic rings. The minimum Gasteiger partial charge on any atom is -0.298 e. The number of Topliss-reactive ketones (excluding diaryl/α,β-unsaturated/α-hetero) is 1. The highest BCUT2D eigenvalue weighted by Gasteiger charge is 2.08. The van der Waals surface area contributed by atoms with Crippen LogP contribution in [0, 0.1) is 17.5 Å². The molecule has 0 radical (unpaired) electrons. The van der Waals surface area contributed by atoms with Crippen LogP contribution in [0.3, 0.4) is 0 Å². The van der Waals surface area contributed by atoms with E-state index < -0.39 is 11.6 Å². The lowest BCUT2D eigenvalue weighted by Crippen LogP contribution is -2.06. The second-order valence-electron chi connectivity index (χ2n) is 4.24. The first kappa shape index (κ1) is 14.7. The van der Waals surface area contributed by atoms with Gasteiger partial charge in [0.05, 0.1) is 5.75 Å². The first-order chi connectivity index (χ1) is 9.52. The summed E-state index contributed by atoms with van der Waals surface area (Å²) >= 11 is 1.19. The molecule has 0 amide bonds. The molecule has 0 aliphatic rings.